The second-order valence-corrected chi connectivity index (χ2v) is 6.28. The molecule has 0 spiro atoms. The van der Waals surface area contributed by atoms with Crippen LogP contribution in [0.15, 0.2) is 41.5 Å². The minimum atomic E-state index is 0.450. The van der Waals surface area contributed by atoms with Gasteiger partial charge in [0.15, 0.2) is 16.6 Å². The van der Waals surface area contributed by atoms with Crippen molar-refractivity contribution in [3.8, 4) is 11.5 Å². The van der Waals surface area contributed by atoms with Crippen molar-refractivity contribution in [2.24, 2.45) is 5.10 Å². The predicted octanol–water partition coefficient (Wildman–Crippen LogP) is 3.79. The SMILES string of the molecule is C/C(=N\NC(=S)Nc1cccc(C)c1C)c1ccc2c(c1)OCCO2. The number of thiocarbonyl (C=S) groups is 1. The molecule has 0 bridgehead atoms. The first-order valence-corrected chi connectivity index (χ1v) is 8.53. The van der Waals surface area contributed by atoms with E-state index in [0.29, 0.717) is 18.3 Å². The van der Waals surface area contributed by atoms with Crippen LogP contribution in [0.25, 0.3) is 0 Å². The van der Waals surface area contributed by atoms with Crippen molar-refractivity contribution in [1.82, 2.24) is 5.43 Å². The highest BCUT2D eigenvalue weighted by Gasteiger charge is 2.12. The summed E-state index contributed by atoms with van der Waals surface area (Å²) >= 11 is 5.33. The van der Waals surface area contributed by atoms with E-state index in [4.69, 9.17) is 21.7 Å². The number of nitrogens with one attached hydrogen (secondary N) is 2. The van der Waals surface area contributed by atoms with Crippen LogP contribution in [-0.2, 0) is 0 Å². The van der Waals surface area contributed by atoms with Crippen molar-refractivity contribution in [3.63, 3.8) is 0 Å². The number of benzene rings is 2. The normalized spacial score (nSPS) is 13.3. The molecule has 1 aliphatic heterocycles. The predicted molar refractivity (Wildman–Crippen MR) is 105 cm³/mol. The number of fused-ring (bicyclic) bond motifs is 1. The van der Waals surface area contributed by atoms with Crippen LogP contribution in [-0.4, -0.2) is 24.0 Å². The number of anilines is 1. The molecular weight excluding hydrogens is 334 g/mol. The Kier molecular flexibility index (Phi) is 5.19. The van der Waals surface area contributed by atoms with Crippen LogP contribution in [0.5, 0.6) is 11.5 Å². The van der Waals surface area contributed by atoms with Crippen LogP contribution in [0, 0.1) is 13.8 Å². The summed E-state index contributed by atoms with van der Waals surface area (Å²) in [5.41, 5.74) is 8.00. The average molecular weight is 355 g/mol. The molecular formula is C19H21N3O2S. The lowest BCUT2D eigenvalue weighted by Crippen LogP contribution is -2.25. The van der Waals surface area contributed by atoms with Crippen molar-refractivity contribution >= 4 is 28.7 Å². The summed E-state index contributed by atoms with van der Waals surface area (Å²) in [7, 11) is 0. The zero-order valence-corrected chi connectivity index (χ0v) is 15.4. The molecule has 3 rings (SSSR count). The highest BCUT2D eigenvalue weighted by atomic mass is 32.1. The Morgan fingerprint density at radius 1 is 1.08 bits per heavy atom. The molecule has 0 amide bonds. The molecule has 0 saturated carbocycles. The molecule has 0 aliphatic carbocycles. The van der Waals surface area contributed by atoms with Gasteiger partial charge >= 0.3 is 0 Å². The highest BCUT2D eigenvalue weighted by molar-refractivity contribution is 7.80. The van der Waals surface area contributed by atoms with Crippen molar-refractivity contribution in [2.75, 3.05) is 18.5 Å². The topological polar surface area (TPSA) is 54.9 Å². The number of hydrazone groups is 1. The lowest BCUT2D eigenvalue weighted by molar-refractivity contribution is 0.171. The Hall–Kier alpha value is -2.60. The summed E-state index contributed by atoms with van der Waals surface area (Å²) in [6.45, 7) is 7.19. The van der Waals surface area contributed by atoms with Crippen LogP contribution >= 0.6 is 12.2 Å². The summed E-state index contributed by atoms with van der Waals surface area (Å²) in [6, 6.07) is 11.8. The van der Waals surface area contributed by atoms with E-state index in [0.717, 1.165) is 28.5 Å². The number of nitrogens with zero attached hydrogens (tertiary/aromatic N) is 1. The van der Waals surface area contributed by atoms with Crippen LogP contribution in [0.2, 0.25) is 0 Å². The smallest absolute Gasteiger partial charge is 0.191 e. The molecule has 130 valence electrons. The lowest BCUT2D eigenvalue weighted by Gasteiger charge is -2.18. The fraction of sp³-hybridized carbons (Fsp3) is 0.263. The summed E-state index contributed by atoms with van der Waals surface area (Å²) in [5.74, 6) is 1.51. The molecule has 0 atom stereocenters. The Morgan fingerprint density at radius 3 is 2.64 bits per heavy atom. The Labute approximate surface area is 153 Å². The lowest BCUT2D eigenvalue weighted by atomic mass is 10.1. The van der Waals surface area contributed by atoms with Crippen LogP contribution in [0.4, 0.5) is 5.69 Å². The van der Waals surface area contributed by atoms with E-state index in [9.17, 15) is 0 Å². The second-order valence-electron chi connectivity index (χ2n) is 5.87. The Bertz CT molecular complexity index is 833. The molecule has 0 radical (unpaired) electrons. The number of rotatable bonds is 3. The molecule has 5 nitrogen and oxygen atoms in total. The minimum Gasteiger partial charge on any atom is -0.486 e. The fourth-order valence-electron chi connectivity index (χ4n) is 2.50. The zero-order chi connectivity index (χ0) is 17.8. The van der Waals surface area contributed by atoms with Gasteiger partial charge in [-0.05, 0) is 68.4 Å². The van der Waals surface area contributed by atoms with E-state index in [1.54, 1.807) is 0 Å². The number of hydrogen-bond donors (Lipinski definition) is 2. The first-order valence-electron chi connectivity index (χ1n) is 8.12. The van der Waals surface area contributed by atoms with Gasteiger partial charge in [0.05, 0.1) is 5.71 Å². The maximum atomic E-state index is 5.60. The number of aryl methyl sites for hydroxylation is 1. The van der Waals surface area contributed by atoms with Gasteiger partial charge in [0.1, 0.15) is 13.2 Å². The Balaban J connectivity index is 1.66. The molecule has 6 heteroatoms. The highest BCUT2D eigenvalue weighted by Crippen LogP contribution is 2.30. The molecule has 1 aliphatic rings. The van der Waals surface area contributed by atoms with Gasteiger partial charge in [0.2, 0.25) is 0 Å². The van der Waals surface area contributed by atoms with E-state index in [1.165, 1.54) is 11.1 Å². The van der Waals surface area contributed by atoms with Gasteiger partial charge in [-0.3, -0.25) is 5.43 Å². The fourth-order valence-corrected chi connectivity index (χ4v) is 2.66. The van der Waals surface area contributed by atoms with Gasteiger partial charge < -0.3 is 14.8 Å². The van der Waals surface area contributed by atoms with E-state index in [-0.39, 0.29) is 0 Å². The van der Waals surface area contributed by atoms with Gasteiger partial charge in [0, 0.05) is 11.3 Å². The second kappa shape index (κ2) is 7.53. The molecule has 0 aromatic heterocycles. The van der Waals surface area contributed by atoms with Gasteiger partial charge in [0.25, 0.3) is 0 Å². The van der Waals surface area contributed by atoms with Crippen LogP contribution in [0.1, 0.15) is 23.6 Å². The quantitative estimate of drug-likeness (QED) is 0.498. The maximum Gasteiger partial charge on any atom is 0.191 e. The van der Waals surface area contributed by atoms with Gasteiger partial charge in [-0.25, -0.2) is 0 Å². The van der Waals surface area contributed by atoms with Crippen molar-refractivity contribution < 1.29 is 9.47 Å². The van der Waals surface area contributed by atoms with E-state index >= 15 is 0 Å². The van der Waals surface area contributed by atoms with E-state index in [1.807, 2.05) is 37.3 Å². The van der Waals surface area contributed by atoms with Crippen molar-refractivity contribution in [2.45, 2.75) is 20.8 Å². The molecule has 1 heterocycles. The zero-order valence-electron chi connectivity index (χ0n) is 14.6. The minimum absolute atomic E-state index is 0.450. The van der Waals surface area contributed by atoms with E-state index in [2.05, 4.69) is 35.8 Å². The Morgan fingerprint density at radius 2 is 1.84 bits per heavy atom. The number of hydrogen-bond acceptors (Lipinski definition) is 4. The molecule has 0 fully saturated rings. The molecule has 0 saturated heterocycles. The summed E-state index contributed by atoms with van der Waals surface area (Å²) in [6.07, 6.45) is 0. The summed E-state index contributed by atoms with van der Waals surface area (Å²) < 4.78 is 11.1. The number of ether oxygens (including phenoxy) is 2. The van der Waals surface area contributed by atoms with Gasteiger partial charge in [-0.2, -0.15) is 5.10 Å². The first kappa shape index (κ1) is 17.2. The third-order valence-corrected chi connectivity index (χ3v) is 4.33. The monoisotopic (exact) mass is 355 g/mol. The average Bonchev–Trinajstić information content (AvgIpc) is 2.63. The third kappa shape index (κ3) is 4.09. The third-order valence-electron chi connectivity index (χ3n) is 4.14. The van der Waals surface area contributed by atoms with Crippen molar-refractivity contribution in [1.29, 1.82) is 0 Å². The molecule has 25 heavy (non-hydrogen) atoms. The molecule has 2 aromatic carbocycles. The van der Waals surface area contributed by atoms with Crippen LogP contribution in [0.3, 0.4) is 0 Å². The largest absolute Gasteiger partial charge is 0.486 e. The standard InChI is InChI=1S/C19H21N3O2S/c1-12-5-4-6-16(13(12)2)20-19(25)22-21-14(3)15-7-8-17-18(11-15)24-10-9-23-17/h4-8,11H,9-10H2,1-3H3,(H2,20,22,25)/b21-14+. The summed E-state index contributed by atoms with van der Waals surface area (Å²) in [5, 5.41) is 7.98. The molecule has 2 N–H and O–H groups in total. The molecule has 0 unspecified atom stereocenters. The van der Waals surface area contributed by atoms with E-state index < -0.39 is 0 Å². The van der Waals surface area contributed by atoms with Crippen molar-refractivity contribution in [3.05, 3.63) is 53.1 Å². The summed E-state index contributed by atoms with van der Waals surface area (Å²) in [4.78, 5) is 0. The van der Waals surface area contributed by atoms with Gasteiger partial charge in [-0.15, -0.1) is 0 Å². The maximum absolute atomic E-state index is 5.60. The molecule has 2 aromatic rings. The first-order chi connectivity index (χ1) is 12.0. The van der Waals surface area contributed by atoms with Crippen LogP contribution < -0.4 is 20.2 Å². The van der Waals surface area contributed by atoms with Gasteiger partial charge in [-0.1, -0.05) is 12.1 Å².